The van der Waals surface area contributed by atoms with Crippen molar-refractivity contribution in [2.24, 2.45) is 11.8 Å². The molecule has 0 heterocycles. The summed E-state index contributed by atoms with van der Waals surface area (Å²) in [5, 5.41) is 0. The van der Waals surface area contributed by atoms with Gasteiger partial charge in [0.1, 0.15) is 12.2 Å². The van der Waals surface area contributed by atoms with E-state index in [0.29, 0.717) is 38.9 Å². The third kappa shape index (κ3) is 19.4. The molecule has 0 unspecified atom stereocenters. The van der Waals surface area contributed by atoms with Crippen molar-refractivity contribution in [3.63, 3.8) is 0 Å². The van der Waals surface area contributed by atoms with Crippen LogP contribution in [0, 0.1) is 11.8 Å². The van der Waals surface area contributed by atoms with E-state index in [1.54, 1.807) is 0 Å². The van der Waals surface area contributed by atoms with E-state index in [1.165, 1.54) is 57.8 Å². The highest BCUT2D eigenvalue weighted by atomic mass is 16.7. The summed E-state index contributed by atoms with van der Waals surface area (Å²) >= 11 is 0. The molecule has 1 aliphatic carbocycles. The fraction of sp³-hybridized carbons (Fsp3) is 0.931. The van der Waals surface area contributed by atoms with E-state index in [1.807, 2.05) is 0 Å². The minimum absolute atomic E-state index is 0.157. The highest BCUT2D eigenvalue weighted by Crippen LogP contribution is 2.24. The van der Waals surface area contributed by atoms with Crippen molar-refractivity contribution in [1.29, 1.82) is 0 Å². The number of carbonyl (C=O) groups excluding carboxylic acids is 2. The largest absolute Gasteiger partial charge is 0.508 e. The van der Waals surface area contributed by atoms with Gasteiger partial charge in [0.2, 0.25) is 0 Å². The summed E-state index contributed by atoms with van der Waals surface area (Å²) in [7, 11) is 0. The molecule has 1 rings (SSSR count). The summed E-state index contributed by atoms with van der Waals surface area (Å²) < 4.78 is 21.3. The van der Waals surface area contributed by atoms with Crippen LogP contribution in [0.5, 0.6) is 0 Å². The normalized spacial score (nSPS) is 18.0. The maximum atomic E-state index is 11.9. The van der Waals surface area contributed by atoms with Crippen molar-refractivity contribution in [1.82, 2.24) is 0 Å². The fourth-order valence-corrected chi connectivity index (χ4v) is 4.47. The van der Waals surface area contributed by atoms with Gasteiger partial charge in [0.05, 0.1) is 13.2 Å². The molecule has 6 heteroatoms. The Hall–Kier alpha value is -1.46. The number of carbonyl (C=O) groups is 2. The van der Waals surface area contributed by atoms with Crippen LogP contribution < -0.4 is 0 Å². The molecule has 1 fully saturated rings. The molecule has 0 amide bonds. The topological polar surface area (TPSA) is 71.1 Å². The van der Waals surface area contributed by atoms with E-state index in [9.17, 15) is 9.59 Å². The van der Waals surface area contributed by atoms with Crippen LogP contribution in [0.1, 0.15) is 137 Å². The van der Waals surface area contributed by atoms with Gasteiger partial charge < -0.3 is 18.9 Å². The summed E-state index contributed by atoms with van der Waals surface area (Å²) in [6, 6.07) is 0. The van der Waals surface area contributed by atoms with Crippen LogP contribution in [0.3, 0.4) is 0 Å². The van der Waals surface area contributed by atoms with Gasteiger partial charge in [-0.1, -0.05) is 98.3 Å². The Labute approximate surface area is 215 Å². The van der Waals surface area contributed by atoms with Crippen LogP contribution in [-0.2, 0) is 18.9 Å². The van der Waals surface area contributed by atoms with E-state index >= 15 is 0 Å². The minimum Gasteiger partial charge on any atom is -0.434 e. The second kappa shape index (κ2) is 20.7. The van der Waals surface area contributed by atoms with Gasteiger partial charge in [0.25, 0.3) is 0 Å². The lowest BCUT2D eigenvalue weighted by atomic mass is 9.95. The Balaban J connectivity index is 1.93. The monoisotopic (exact) mass is 498 g/mol. The Morgan fingerprint density at radius 3 is 1.23 bits per heavy atom. The first-order valence-corrected chi connectivity index (χ1v) is 14.5. The Bertz CT molecular complexity index is 525. The summed E-state index contributed by atoms with van der Waals surface area (Å²) in [4.78, 5) is 23.8. The predicted molar refractivity (Wildman–Crippen MR) is 141 cm³/mol. The van der Waals surface area contributed by atoms with Crippen molar-refractivity contribution >= 4 is 12.3 Å². The molecule has 0 spiro atoms. The molecule has 0 bridgehead atoms. The quantitative estimate of drug-likeness (QED) is 0.131. The highest BCUT2D eigenvalue weighted by molar-refractivity contribution is 5.60. The zero-order chi connectivity index (χ0) is 25.7. The van der Waals surface area contributed by atoms with Crippen molar-refractivity contribution in [3.8, 4) is 0 Å². The summed E-state index contributed by atoms with van der Waals surface area (Å²) in [5.41, 5.74) is 0. The summed E-state index contributed by atoms with van der Waals surface area (Å²) in [6.45, 7) is 9.85. The van der Waals surface area contributed by atoms with Crippen molar-refractivity contribution in [2.45, 2.75) is 149 Å². The fourth-order valence-electron chi connectivity index (χ4n) is 4.47. The molecule has 35 heavy (non-hydrogen) atoms. The maximum absolute atomic E-state index is 11.9. The zero-order valence-corrected chi connectivity index (χ0v) is 23.2. The van der Waals surface area contributed by atoms with Gasteiger partial charge >= 0.3 is 12.3 Å². The molecule has 1 saturated carbocycles. The van der Waals surface area contributed by atoms with Crippen LogP contribution in [0.25, 0.3) is 0 Å². The average molecular weight is 499 g/mol. The van der Waals surface area contributed by atoms with Gasteiger partial charge in [-0.15, -0.1) is 0 Å². The SMILES string of the molecule is CC(C)CCCCCCCCCCOC(=O)OC1CCC(OC(=O)OCCCCCC(C)C)CC1. The first kappa shape index (κ1) is 31.6. The number of unbranched alkanes of at least 4 members (excludes halogenated alkanes) is 9. The molecular formula is C29H54O6. The molecule has 206 valence electrons. The molecule has 0 aliphatic heterocycles. The van der Waals surface area contributed by atoms with Crippen molar-refractivity contribution < 1.29 is 28.5 Å². The van der Waals surface area contributed by atoms with Crippen LogP contribution >= 0.6 is 0 Å². The van der Waals surface area contributed by atoms with Gasteiger partial charge in [-0.2, -0.15) is 0 Å². The van der Waals surface area contributed by atoms with E-state index in [-0.39, 0.29) is 12.2 Å². The second-order valence-electron chi connectivity index (χ2n) is 11.1. The van der Waals surface area contributed by atoms with E-state index < -0.39 is 12.3 Å². The molecule has 0 radical (unpaired) electrons. The first-order chi connectivity index (χ1) is 16.9. The molecule has 0 saturated heterocycles. The average Bonchev–Trinajstić information content (AvgIpc) is 2.80. The Kier molecular flexibility index (Phi) is 18.7. The lowest BCUT2D eigenvalue weighted by molar-refractivity contribution is -0.0271. The van der Waals surface area contributed by atoms with E-state index in [0.717, 1.165) is 37.5 Å². The summed E-state index contributed by atoms with van der Waals surface area (Å²) in [5.74, 6) is 1.54. The Morgan fingerprint density at radius 1 is 0.543 bits per heavy atom. The van der Waals surface area contributed by atoms with Crippen LogP contribution in [0.15, 0.2) is 0 Å². The zero-order valence-electron chi connectivity index (χ0n) is 23.2. The maximum Gasteiger partial charge on any atom is 0.508 e. The third-order valence-electron chi connectivity index (χ3n) is 6.69. The van der Waals surface area contributed by atoms with Crippen LogP contribution in [-0.4, -0.2) is 37.7 Å². The van der Waals surface area contributed by atoms with E-state index in [2.05, 4.69) is 27.7 Å². The predicted octanol–water partition coefficient (Wildman–Crippen LogP) is 8.99. The standard InChI is InChI=1S/C29H54O6/c1-24(2)16-12-9-7-5-6-8-10-14-22-32-28(30)34-26-18-20-27(21-19-26)35-29(31)33-23-15-11-13-17-25(3)4/h24-27H,5-23H2,1-4H3. The molecule has 1 aliphatic rings. The Morgan fingerprint density at radius 2 is 0.857 bits per heavy atom. The molecule has 0 atom stereocenters. The van der Waals surface area contributed by atoms with Crippen molar-refractivity contribution in [3.05, 3.63) is 0 Å². The minimum atomic E-state index is -0.580. The van der Waals surface area contributed by atoms with Gasteiger partial charge in [0, 0.05) is 0 Å². The third-order valence-corrected chi connectivity index (χ3v) is 6.69. The molecule has 0 aromatic rings. The van der Waals surface area contributed by atoms with Gasteiger partial charge in [-0.05, 0) is 50.4 Å². The van der Waals surface area contributed by atoms with Crippen LogP contribution in [0.4, 0.5) is 9.59 Å². The lowest BCUT2D eigenvalue weighted by Crippen LogP contribution is -2.30. The lowest BCUT2D eigenvalue weighted by Gasteiger charge is -2.27. The smallest absolute Gasteiger partial charge is 0.434 e. The van der Waals surface area contributed by atoms with Crippen LogP contribution in [0.2, 0.25) is 0 Å². The second-order valence-corrected chi connectivity index (χ2v) is 11.1. The molecule has 0 N–H and O–H groups in total. The number of hydrogen-bond donors (Lipinski definition) is 0. The molecular weight excluding hydrogens is 444 g/mol. The van der Waals surface area contributed by atoms with E-state index in [4.69, 9.17) is 18.9 Å². The number of hydrogen-bond acceptors (Lipinski definition) is 6. The number of ether oxygens (including phenoxy) is 4. The number of rotatable bonds is 19. The van der Waals surface area contributed by atoms with Gasteiger partial charge in [-0.3, -0.25) is 0 Å². The molecule has 6 nitrogen and oxygen atoms in total. The highest BCUT2D eigenvalue weighted by Gasteiger charge is 2.27. The molecule has 0 aromatic heterocycles. The van der Waals surface area contributed by atoms with Crippen molar-refractivity contribution in [2.75, 3.05) is 13.2 Å². The summed E-state index contributed by atoms with van der Waals surface area (Å²) in [6.07, 6.45) is 16.7. The van der Waals surface area contributed by atoms with Gasteiger partial charge in [-0.25, -0.2) is 9.59 Å². The first-order valence-electron chi connectivity index (χ1n) is 14.5. The molecule has 0 aromatic carbocycles. The van der Waals surface area contributed by atoms with Gasteiger partial charge in [0.15, 0.2) is 0 Å².